The Balaban J connectivity index is 2.00. The van der Waals surface area contributed by atoms with Crippen LogP contribution in [0.1, 0.15) is 22.9 Å². The van der Waals surface area contributed by atoms with Gasteiger partial charge in [0.15, 0.2) is 0 Å². The van der Waals surface area contributed by atoms with E-state index in [4.69, 9.17) is 0 Å². The van der Waals surface area contributed by atoms with Gasteiger partial charge >= 0.3 is 0 Å². The van der Waals surface area contributed by atoms with E-state index in [2.05, 4.69) is 9.97 Å². The van der Waals surface area contributed by atoms with E-state index in [0.717, 1.165) is 22.2 Å². The number of benzene rings is 1. The highest BCUT2D eigenvalue weighted by molar-refractivity contribution is 5.79. The molecule has 0 bridgehead atoms. The van der Waals surface area contributed by atoms with Crippen LogP contribution >= 0.6 is 0 Å². The molecule has 0 saturated carbocycles. The van der Waals surface area contributed by atoms with E-state index in [-0.39, 0.29) is 0 Å². The molecule has 2 N–H and O–H groups in total. The van der Waals surface area contributed by atoms with Crippen molar-refractivity contribution in [2.75, 3.05) is 0 Å². The average Bonchev–Trinajstić information content (AvgIpc) is 2.82. The lowest BCUT2D eigenvalue weighted by Crippen LogP contribution is -1.99. The Morgan fingerprint density at radius 1 is 1.17 bits per heavy atom. The lowest BCUT2D eigenvalue weighted by molar-refractivity contribution is 0.216. The van der Waals surface area contributed by atoms with Crippen molar-refractivity contribution in [1.82, 2.24) is 9.97 Å². The Kier molecular flexibility index (Phi) is 2.61. The minimum absolute atomic E-state index is 0.627. The summed E-state index contributed by atoms with van der Waals surface area (Å²) < 4.78 is 0. The zero-order chi connectivity index (χ0) is 12.5. The van der Waals surface area contributed by atoms with Gasteiger partial charge in [0.05, 0.1) is 11.7 Å². The van der Waals surface area contributed by atoms with Gasteiger partial charge in [0, 0.05) is 17.3 Å². The first-order valence-electron chi connectivity index (χ1n) is 5.91. The summed E-state index contributed by atoms with van der Waals surface area (Å²) in [5.74, 6) is 0. The lowest BCUT2D eigenvalue weighted by Gasteiger charge is -2.09. The Morgan fingerprint density at radius 3 is 2.67 bits per heavy atom. The normalized spacial score (nSPS) is 12.8. The van der Waals surface area contributed by atoms with Crippen LogP contribution < -0.4 is 0 Å². The fourth-order valence-corrected chi connectivity index (χ4v) is 2.07. The van der Waals surface area contributed by atoms with Gasteiger partial charge in [0.25, 0.3) is 0 Å². The third-order valence-corrected chi connectivity index (χ3v) is 3.13. The molecule has 0 fully saturated rings. The van der Waals surface area contributed by atoms with Gasteiger partial charge in [-0.15, -0.1) is 0 Å². The molecule has 2 heterocycles. The second kappa shape index (κ2) is 4.27. The van der Waals surface area contributed by atoms with Crippen molar-refractivity contribution in [3.05, 3.63) is 65.6 Å². The predicted octanol–water partition coefficient (Wildman–Crippen LogP) is 2.95. The zero-order valence-electron chi connectivity index (χ0n) is 10.1. The number of aryl methyl sites for hydroxylation is 1. The van der Waals surface area contributed by atoms with Gasteiger partial charge in [0.2, 0.25) is 0 Å². The predicted molar refractivity (Wildman–Crippen MR) is 71.3 cm³/mol. The van der Waals surface area contributed by atoms with Gasteiger partial charge < -0.3 is 10.1 Å². The van der Waals surface area contributed by atoms with E-state index in [1.54, 1.807) is 12.4 Å². The quantitative estimate of drug-likeness (QED) is 0.721. The molecule has 3 aromatic rings. The molecule has 90 valence electrons. The highest BCUT2D eigenvalue weighted by Crippen LogP contribution is 2.24. The molecule has 3 rings (SSSR count). The van der Waals surface area contributed by atoms with E-state index in [0.29, 0.717) is 0 Å². The maximum Gasteiger partial charge on any atom is 0.119 e. The molecule has 0 unspecified atom stereocenters. The molecule has 1 atom stereocenters. The summed E-state index contributed by atoms with van der Waals surface area (Å²) in [6, 6.07) is 11.8. The molecule has 0 aliphatic heterocycles. The molecule has 3 nitrogen and oxygen atoms in total. The van der Waals surface area contributed by atoms with E-state index in [1.165, 1.54) is 5.56 Å². The number of rotatable bonds is 2. The maximum absolute atomic E-state index is 10.3. The number of pyridine rings is 1. The third-order valence-electron chi connectivity index (χ3n) is 3.13. The summed E-state index contributed by atoms with van der Waals surface area (Å²) in [5, 5.41) is 11.4. The monoisotopic (exact) mass is 238 g/mol. The molecular formula is C15H14N2O. The fraction of sp³-hybridized carbons (Fsp3) is 0.133. The summed E-state index contributed by atoms with van der Waals surface area (Å²) >= 11 is 0. The largest absolute Gasteiger partial charge is 0.382 e. The minimum atomic E-state index is -0.627. The van der Waals surface area contributed by atoms with E-state index in [1.807, 2.05) is 43.3 Å². The van der Waals surface area contributed by atoms with Crippen LogP contribution in [0.25, 0.3) is 10.9 Å². The number of aliphatic hydroxyl groups is 1. The molecule has 3 heteroatoms. The van der Waals surface area contributed by atoms with Gasteiger partial charge in [-0.25, -0.2) is 0 Å². The number of nitrogens with one attached hydrogen (secondary N) is 1. The van der Waals surface area contributed by atoms with Gasteiger partial charge in [-0.2, -0.15) is 0 Å². The van der Waals surface area contributed by atoms with Crippen LogP contribution in [0.15, 0.2) is 48.8 Å². The first kappa shape index (κ1) is 11.0. The van der Waals surface area contributed by atoms with Crippen molar-refractivity contribution < 1.29 is 5.11 Å². The second-order valence-electron chi connectivity index (χ2n) is 4.50. The van der Waals surface area contributed by atoms with Gasteiger partial charge in [-0.05, 0) is 24.6 Å². The first-order chi connectivity index (χ1) is 8.74. The van der Waals surface area contributed by atoms with E-state index < -0.39 is 6.10 Å². The first-order valence-corrected chi connectivity index (χ1v) is 5.91. The molecule has 1 aromatic carbocycles. The number of hydrogen-bond donors (Lipinski definition) is 2. The Morgan fingerprint density at radius 2 is 1.94 bits per heavy atom. The molecule has 0 radical (unpaired) electrons. The SMILES string of the molecule is Cc1ccc([C@H](O)c2cc3ccncc3[nH]2)cc1. The Bertz CT molecular complexity index is 637. The van der Waals surface area contributed by atoms with Crippen LogP contribution in [0.3, 0.4) is 0 Å². The molecule has 0 spiro atoms. The van der Waals surface area contributed by atoms with Crippen molar-refractivity contribution >= 4 is 10.9 Å². The van der Waals surface area contributed by atoms with Crippen molar-refractivity contribution in [2.24, 2.45) is 0 Å². The fourth-order valence-electron chi connectivity index (χ4n) is 2.07. The molecule has 0 amide bonds. The molecule has 0 aliphatic rings. The van der Waals surface area contributed by atoms with Gasteiger partial charge in [0.1, 0.15) is 6.10 Å². The number of nitrogens with zero attached hydrogens (tertiary/aromatic N) is 1. The molecular weight excluding hydrogens is 224 g/mol. The van der Waals surface area contributed by atoms with Crippen molar-refractivity contribution in [2.45, 2.75) is 13.0 Å². The summed E-state index contributed by atoms with van der Waals surface area (Å²) in [5.41, 5.74) is 3.81. The summed E-state index contributed by atoms with van der Waals surface area (Å²) in [6.07, 6.45) is 2.89. The maximum atomic E-state index is 10.3. The highest BCUT2D eigenvalue weighted by Gasteiger charge is 2.12. The zero-order valence-corrected chi connectivity index (χ0v) is 10.1. The molecule has 0 saturated heterocycles. The van der Waals surface area contributed by atoms with Crippen LogP contribution in [0.5, 0.6) is 0 Å². The van der Waals surface area contributed by atoms with E-state index in [9.17, 15) is 5.11 Å². The summed E-state index contributed by atoms with van der Waals surface area (Å²) in [7, 11) is 0. The minimum Gasteiger partial charge on any atom is -0.382 e. The van der Waals surface area contributed by atoms with Crippen LogP contribution in [0, 0.1) is 6.92 Å². The van der Waals surface area contributed by atoms with Crippen LogP contribution in [0.2, 0.25) is 0 Å². The summed E-state index contributed by atoms with van der Waals surface area (Å²) in [4.78, 5) is 7.25. The standard InChI is InChI=1S/C15H14N2O/c1-10-2-4-11(5-3-10)15(18)13-8-12-6-7-16-9-14(12)17-13/h2-9,15,17-18H,1H3/t15-/m0/s1. The van der Waals surface area contributed by atoms with Gasteiger partial charge in [-0.1, -0.05) is 29.8 Å². The number of fused-ring (bicyclic) bond motifs is 1. The third kappa shape index (κ3) is 1.89. The van der Waals surface area contributed by atoms with Crippen LogP contribution in [-0.2, 0) is 0 Å². The molecule has 2 aromatic heterocycles. The van der Waals surface area contributed by atoms with Crippen molar-refractivity contribution in [3.8, 4) is 0 Å². The number of aliphatic hydroxyl groups excluding tert-OH is 1. The average molecular weight is 238 g/mol. The van der Waals surface area contributed by atoms with Crippen molar-refractivity contribution in [3.63, 3.8) is 0 Å². The van der Waals surface area contributed by atoms with E-state index >= 15 is 0 Å². The Hall–Kier alpha value is -2.13. The van der Waals surface area contributed by atoms with Gasteiger partial charge in [-0.3, -0.25) is 4.98 Å². The van der Waals surface area contributed by atoms with Crippen LogP contribution in [-0.4, -0.2) is 15.1 Å². The van der Waals surface area contributed by atoms with Crippen LogP contribution in [0.4, 0.5) is 0 Å². The Labute approximate surface area is 105 Å². The molecule has 0 aliphatic carbocycles. The number of hydrogen-bond acceptors (Lipinski definition) is 2. The number of H-pyrrole nitrogens is 1. The number of aromatic nitrogens is 2. The van der Waals surface area contributed by atoms with Crippen molar-refractivity contribution in [1.29, 1.82) is 0 Å². The summed E-state index contributed by atoms with van der Waals surface area (Å²) in [6.45, 7) is 2.03. The smallest absolute Gasteiger partial charge is 0.119 e. The second-order valence-corrected chi connectivity index (χ2v) is 4.50. The highest BCUT2D eigenvalue weighted by atomic mass is 16.3. The lowest BCUT2D eigenvalue weighted by atomic mass is 10.1. The topological polar surface area (TPSA) is 48.9 Å². The molecule has 18 heavy (non-hydrogen) atoms. The number of aromatic amines is 1.